The smallest absolute Gasteiger partial charge is 0.191 e. The van der Waals surface area contributed by atoms with Gasteiger partial charge in [-0.2, -0.15) is 0 Å². The van der Waals surface area contributed by atoms with Crippen molar-refractivity contribution >= 4 is 5.96 Å². The van der Waals surface area contributed by atoms with Crippen molar-refractivity contribution in [1.29, 1.82) is 0 Å². The molecule has 1 unspecified atom stereocenters. The zero-order valence-corrected chi connectivity index (χ0v) is 15.5. The van der Waals surface area contributed by atoms with E-state index >= 15 is 0 Å². The maximum absolute atomic E-state index is 6.17. The van der Waals surface area contributed by atoms with Crippen LogP contribution in [-0.4, -0.2) is 38.4 Å². The first-order valence-corrected chi connectivity index (χ1v) is 9.60. The maximum Gasteiger partial charge on any atom is 0.191 e. The van der Waals surface area contributed by atoms with Gasteiger partial charge in [0.1, 0.15) is 11.9 Å². The Bertz CT molecular complexity index is 578. The third-order valence-corrected chi connectivity index (χ3v) is 4.70. The Hall–Kier alpha value is -1.75. The highest BCUT2D eigenvalue weighted by molar-refractivity contribution is 5.79. The lowest BCUT2D eigenvalue weighted by Crippen LogP contribution is -2.37. The van der Waals surface area contributed by atoms with Crippen LogP contribution < -0.4 is 15.4 Å². The summed E-state index contributed by atoms with van der Waals surface area (Å²) in [6.45, 7) is 8.13. The molecule has 5 heteroatoms. The van der Waals surface area contributed by atoms with Crippen LogP contribution >= 0.6 is 0 Å². The Labute approximate surface area is 151 Å². The van der Waals surface area contributed by atoms with Gasteiger partial charge < -0.3 is 20.1 Å². The summed E-state index contributed by atoms with van der Waals surface area (Å²) in [5.74, 6) is 2.76. The summed E-state index contributed by atoms with van der Waals surface area (Å²) in [6.07, 6.45) is 5.15. The van der Waals surface area contributed by atoms with Crippen LogP contribution in [0.4, 0.5) is 0 Å². The standard InChI is InChI=1S/C20H31N3O2/c1-3-21-20(22-10-8-16-5-6-16)23-13-17-7-4-15(2)12-19(17)25-18-9-11-24-14-18/h4,7,12,16,18H,3,5-6,8-11,13-14H2,1-2H3,(H2,21,22,23). The highest BCUT2D eigenvalue weighted by Gasteiger charge is 2.20. The predicted molar refractivity (Wildman–Crippen MR) is 101 cm³/mol. The van der Waals surface area contributed by atoms with Gasteiger partial charge in [-0.05, 0) is 37.8 Å². The van der Waals surface area contributed by atoms with Gasteiger partial charge in [0.2, 0.25) is 0 Å². The van der Waals surface area contributed by atoms with Crippen LogP contribution in [0.2, 0.25) is 0 Å². The predicted octanol–water partition coefficient (Wildman–Crippen LogP) is 3.02. The fraction of sp³-hybridized carbons (Fsp3) is 0.650. The minimum Gasteiger partial charge on any atom is -0.488 e. The summed E-state index contributed by atoms with van der Waals surface area (Å²) in [4.78, 5) is 4.75. The van der Waals surface area contributed by atoms with Crippen LogP contribution in [0.15, 0.2) is 23.2 Å². The highest BCUT2D eigenvalue weighted by atomic mass is 16.5. The Kier molecular flexibility index (Phi) is 6.56. The number of nitrogens with one attached hydrogen (secondary N) is 2. The minimum absolute atomic E-state index is 0.162. The van der Waals surface area contributed by atoms with E-state index in [0.29, 0.717) is 13.2 Å². The molecular formula is C20H31N3O2. The molecule has 1 saturated heterocycles. The van der Waals surface area contributed by atoms with E-state index in [1.807, 2.05) is 0 Å². The van der Waals surface area contributed by atoms with Gasteiger partial charge in [0.05, 0.1) is 19.8 Å². The number of guanidine groups is 1. The number of nitrogens with zero attached hydrogens (tertiary/aromatic N) is 1. The molecule has 1 heterocycles. The molecule has 1 aromatic rings. The van der Waals surface area contributed by atoms with Crippen LogP contribution in [0.3, 0.4) is 0 Å². The lowest BCUT2D eigenvalue weighted by molar-refractivity contribution is 0.140. The van der Waals surface area contributed by atoms with Crippen LogP contribution in [0.1, 0.15) is 43.7 Å². The van der Waals surface area contributed by atoms with Crippen LogP contribution in [-0.2, 0) is 11.3 Å². The molecule has 1 aromatic carbocycles. The molecule has 1 aliphatic carbocycles. The van der Waals surface area contributed by atoms with E-state index in [1.165, 1.54) is 24.8 Å². The van der Waals surface area contributed by atoms with Gasteiger partial charge in [-0.3, -0.25) is 0 Å². The van der Waals surface area contributed by atoms with Crippen molar-refractivity contribution in [3.8, 4) is 5.75 Å². The number of aryl methyl sites for hydroxylation is 1. The van der Waals surface area contributed by atoms with Gasteiger partial charge in [0.25, 0.3) is 0 Å². The van der Waals surface area contributed by atoms with E-state index in [2.05, 4.69) is 42.7 Å². The molecule has 1 saturated carbocycles. The SMILES string of the molecule is CCNC(=NCc1ccc(C)cc1OC1CCOC1)NCCC1CC1. The van der Waals surface area contributed by atoms with Crippen LogP contribution in [0, 0.1) is 12.8 Å². The molecule has 2 aliphatic rings. The van der Waals surface area contributed by atoms with Gasteiger partial charge in [-0.25, -0.2) is 4.99 Å². The number of ether oxygens (including phenoxy) is 2. The first kappa shape index (κ1) is 18.1. The van der Waals surface area contributed by atoms with E-state index in [9.17, 15) is 0 Å². The van der Waals surface area contributed by atoms with Crippen molar-refractivity contribution in [2.24, 2.45) is 10.9 Å². The molecule has 2 fully saturated rings. The Morgan fingerprint density at radius 2 is 2.16 bits per heavy atom. The summed E-state index contributed by atoms with van der Waals surface area (Å²) in [6, 6.07) is 6.35. The average Bonchev–Trinajstić information content (AvgIpc) is 3.28. The van der Waals surface area contributed by atoms with E-state index in [1.54, 1.807) is 0 Å². The van der Waals surface area contributed by atoms with Gasteiger partial charge in [-0.15, -0.1) is 0 Å². The third kappa shape index (κ3) is 5.92. The molecule has 0 radical (unpaired) electrons. The van der Waals surface area contributed by atoms with Crippen LogP contribution in [0.5, 0.6) is 5.75 Å². The quantitative estimate of drug-likeness (QED) is 0.562. The van der Waals surface area contributed by atoms with E-state index in [4.69, 9.17) is 14.5 Å². The van der Waals surface area contributed by atoms with Crippen molar-refractivity contribution in [2.45, 2.75) is 52.2 Å². The summed E-state index contributed by atoms with van der Waals surface area (Å²) in [7, 11) is 0. The average molecular weight is 345 g/mol. The summed E-state index contributed by atoms with van der Waals surface area (Å²) < 4.78 is 11.6. The van der Waals surface area contributed by atoms with Gasteiger partial charge >= 0.3 is 0 Å². The second kappa shape index (κ2) is 9.09. The number of benzene rings is 1. The summed E-state index contributed by atoms with van der Waals surface area (Å²) in [5, 5.41) is 6.77. The highest BCUT2D eigenvalue weighted by Crippen LogP contribution is 2.31. The van der Waals surface area contributed by atoms with Crippen molar-refractivity contribution < 1.29 is 9.47 Å². The van der Waals surface area contributed by atoms with Crippen molar-refractivity contribution in [3.05, 3.63) is 29.3 Å². The molecule has 2 N–H and O–H groups in total. The second-order valence-corrected chi connectivity index (χ2v) is 7.07. The van der Waals surface area contributed by atoms with Crippen molar-refractivity contribution in [2.75, 3.05) is 26.3 Å². The molecule has 0 spiro atoms. The van der Waals surface area contributed by atoms with Gasteiger partial charge in [0.15, 0.2) is 5.96 Å². The van der Waals surface area contributed by atoms with E-state index < -0.39 is 0 Å². The Morgan fingerprint density at radius 3 is 2.88 bits per heavy atom. The fourth-order valence-electron chi connectivity index (χ4n) is 2.99. The second-order valence-electron chi connectivity index (χ2n) is 7.07. The van der Waals surface area contributed by atoms with Gasteiger partial charge in [-0.1, -0.05) is 25.0 Å². The van der Waals surface area contributed by atoms with E-state index in [-0.39, 0.29) is 6.10 Å². The molecule has 3 rings (SSSR count). The zero-order valence-electron chi connectivity index (χ0n) is 15.5. The fourth-order valence-corrected chi connectivity index (χ4v) is 2.99. The Morgan fingerprint density at radius 1 is 1.28 bits per heavy atom. The maximum atomic E-state index is 6.17. The van der Waals surface area contributed by atoms with Gasteiger partial charge in [0, 0.05) is 25.1 Å². The molecular weight excluding hydrogens is 314 g/mol. The molecule has 0 bridgehead atoms. The number of rotatable bonds is 8. The number of aliphatic imine (C=N–C) groups is 1. The molecule has 1 aliphatic heterocycles. The van der Waals surface area contributed by atoms with Crippen LogP contribution in [0.25, 0.3) is 0 Å². The molecule has 25 heavy (non-hydrogen) atoms. The molecule has 1 atom stereocenters. The molecule has 0 amide bonds. The third-order valence-electron chi connectivity index (χ3n) is 4.70. The summed E-state index contributed by atoms with van der Waals surface area (Å²) in [5.41, 5.74) is 2.33. The molecule has 138 valence electrons. The molecule has 0 aromatic heterocycles. The monoisotopic (exact) mass is 345 g/mol. The lowest BCUT2D eigenvalue weighted by atomic mass is 10.1. The molecule has 5 nitrogen and oxygen atoms in total. The topological polar surface area (TPSA) is 54.9 Å². The van der Waals surface area contributed by atoms with E-state index in [0.717, 1.165) is 49.3 Å². The number of hydrogen-bond donors (Lipinski definition) is 2. The summed E-state index contributed by atoms with van der Waals surface area (Å²) >= 11 is 0. The first-order valence-electron chi connectivity index (χ1n) is 9.60. The van der Waals surface area contributed by atoms with Crippen molar-refractivity contribution in [3.63, 3.8) is 0 Å². The lowest BCUT2D eigenvalue weighted by Gasteiger charge is -2.16. The number of hydrogen-bond acceptors (Lipinski definition) is 3. The zero-order chi connectivity index (χ0) is 17.5. The first-order chi connectivity index (χ1) is 12.2. The minimum atomic E-state index is 0.162. The largest absolute Gasteiger partial charge is 0.488 e. The van der Waals surface area contributed by atoms with Crippen molar-refractivity contribution in [1.82, 2.24) is 10.6 Å². The normalized spacial score (nSPS) is 20.6. The Balaban J connectivity index is 1.61.